The number of carbonyl (C=O) groups excluding carboxylic acids is 3. The van der Waals surface area contributed by atoms with Gasteiger partial charge in [-0.05, 0) is 17.5 Å². The van der Waals surface area contributed by atoms with Crippen molar-refractivity contribution in [1.29, 1.82) is 0 Å². The summed E-state index contributed by atoms with van der Waals surface area (Å²) in [5, 5.41) is 11.4. The molecule has 3 amide bonds. The van der Waals surface area contributed by atoms with Gasteiger partial charge in [0.25, 0.3) is 5.91 Å². The van der Waals surface area contributed by atoms with Gasteiger partial charge in [-0.2, -0.15) is 0 Å². The van der Waals surface area contributed by atoms with Gasteiger partial charge in [-0.1, -0.05) is 42.5 Å². The summed E-state index contributed by atoms with van der Waals surface area (Å²) in [4.78, 5) is 38.0. The van der Waals surface area contributed by atoms with Crippen molar-refractivity contribution in [2.45, 2.75) is 38.2 Å². The smallest absolute Gasteiger partial charge is 0.250 e. The van der Waals surface area contributed by atoms with Crippen LogP contribution in [0.2, 0.25) is 0 Å². The molecule has 1 aromatic carbocycles. The zero-order chi connectivity index (χ0) is 19.7. The zero-order valence-electron chi connectivity index (χ0n) is 15.3. The quantitative estimate of drug-likeness (QED) is 0.736. The molecule has 4 rings (SSSR count). The van der Waals surface area contributed by atoms with E-state index in [4.69, 9.17) is 9.84 Å². The van der Waals surface area contributed by atoms with Gasteiger partial charge in [0.1, 0.15) is 6.04 Å². The second kappa shape index (κ2) is 7.69. The minimum absolute atomic E-state index is 0.00101. The van der Waals surface area contributed by atoms with Crippen LogP contribution in [0.3, 0.4) is 0 Å². The summed E-state index contributed by atoms with van der Waals surface area (Å²) in [7, 11) is 0. The molecule has 0 aromatic heterocycles. The highest BCUT2D eigenvalue weighted by Crippen LogP contribution is 2.34. The first-order chi connectivity index (χ1) is 13.6. The highest BCUT2D eigenvalue weighted by atomic mass is 16.5. The average Bonchev–Trinajstić information content (AvgIpc) is 3.04. The van der Waals surface area contributed by atoms with Crippen LogP contribution >= 0.6 is 0 Å². The number of fused-ring (bicyclic) bond motifs is 1. The summed E-state index contributed by atoms with van der Waals surface area (Å²) in [6, 6.07) is 6.91. The molecule has 0 spiro atoms. The molecule has 1 aromatic rings. The number of amides is 3. The molecule has 2 aliphatic heterocycles. The summed E-state index contributed by atoms with van der Waals surface area (Å²) in [6.45, 7) is 0.785. The van der Waals surface area contributed by atoms with Crippen molar-refractivity contribution in [1.82, 2.24) is 10.2 Å². The number of nitrogens with one attached hydrogen (secondary N) is 1. The fourth-order valence-electron chi connectivity index (χ4n) is 3.95. The lowest BCUT2D eigenvalue weighted by molar-refractivity contribution is -0.142. The zero-order valence-corrected chi connectivity index (χ0v) is 15.3. The summed E-state index contributed by atoms with van der Waals surface area (Å²) < 4.78 is 6.06. The van der Waals surface area contributed by atoms with Gasteiger partial charge in [0, 0.05) is 24.5 Å². The molecule has 2 heterocycles. The predicted octanol–water partition coefficient (Wildman–Crippen LogP) is 0.824. The Labute approximate surface area is 162 Å². The molecular formula is C21H22N2O5. The van der Waals surface area contributed by atoms with Gasteiger partial charge in [0.2, 0.25) is 11.8 Å². The second-order valence-electron chi connectivity index (χ2n) is 7.29. The Kier molecular flexibility index (Phi) is 5.11. The van der Waals surface area contributed by atoms with Crippen LogP contribution in [0.1, 0.15) is 24.0 Å². The van der Waals surface area contributed by atoms with Gasteiger partial charge in [-0.25, -0.2) is 0 Å². The van der Waals surface area contributed by atoms with Crippen LogP contribution in [0.5, 0.6) is 0 Å². The Balaban J connectivity index is 1.43. The van der Waals surface area contributed by atoms with Crippen molar-refractivity contribution in [3.63, 3.8) is 0 Å². The first kappa shape index (κ1) is 18.6. The Morgan fingerprint density at radius 3 is 2.61 bits per heavy atom. The number of allylic oxidation sites excluding steroid dienone is 2. The molecule has 0 bridgehead atoms. The lowest BCUT2D eigenvalue weighted by Gasteiger charge is -2.30. The number of nitrogens with zero attached hydrogens (tertiary/aromatic N) is 1. The number of likely N-dealkylation sites (tertiary alicyclic amines) is 1. The Morgan fingerprint density at radius 1 is 1.14 bits per heavy atom. The maximum atomic E-state index is 12.8. The number of rotatable bonds is 5. The van der Waals surface area contributed by atoms with Crippen LogP contribution in [0, 0.1) is 5.92 Å². The van der Waals surface area contributed by atoms with Crippen LogP contribution in [0.15, 0.2) is 48.1 Å². The van der Waals surface area contributed by atoms with Crippen molar-refractivity contribution in [2.24, 2.45) is 5.92 Å². The molecule has 2 N–H and O–H groups in total. The van der Waals surface area contributed by atoms with E-state index in [2.05, 4.69) is 5.32 Å². The Bertz CT molecular complexity index is 858. The SMILES string of the molecule is O=C1CCC(N2CC3C(=CC=CC3OCc3ccc(CO)cc3)C2=O)C(=O)N1. The molecule has 28 heavy (non-hydrogen) atoms. The van der Waals surface area contributed by atoms with Crippen molar-refractivity contribution >= 4 is 17.7 Å². The highest BCUT2D eigenvalue weighted by molar-refractivity contribution is 6.04. The van der Waals surface area contributed by atoms with Crippen LogP contribution < -0.4 is 5.32 Å². The monoisotopic (exact) mass is 382 g/mol. The third-order valence-electron chi connectivity index (χ3n) is 5.51. The number of piperidine rings is 1. The van der Waals surface area contributed by atoms with E-state index in [-0.39, 0.29) is 36.9 Å². The lowest BCUT2D eigenvalue weighted by Crippen LogP contribution is -2.53. The fourth-order valence-corrected chi connectivity index (χ4v) is 3.95. The topological polar surface area (TPSA) is 95.9 Å². The van der Waals surface area contributed by atoms with E-state index in [0.29, 0.717) is 25.1 Å². The second-order valence-corrected chi connectivity index (χ2v) is 7.29. The van der Waals surface area contributed by atoms with Crippen molar-refractivity contribution in [3.05, 3.63) is 59.2 Å². The number of carbonyl (C=O) groups is 3. The number of ether oxygens (including phenoxy) is 1. The normalized spacial score (nSPS) is 26.9. The van der Waals surface area contributed by atoms with Gasteiger partial charge in [0.05, 0.1) is 19.3 Å². The number of imide groups is 1. The van der Waals surface area contributed by atoms with Gasteiger partial charge in [-0.3, -0.25) is 19.7 Å². The van der Waals surface area contributed by atoms with Gasteiger partial charge in [-0.15, -0.1) is 0 Å². The lowest BCUT2D eigenvalue weighted by atomic mass is 9.91. The van der Waals surface area contributed by atoms with Gasteiger partial charge < -0.3 is 14.7 Å². The minimum atomic E-state index is -0.608. The number of benzene rings is 1. The molecular weight excluding hydrogens is 360 g/mol. The van der Waals surface area contributed by atoms with E-state index < -0.39 is 11.9 Å². The maximum absolute atomic E-state index is 12.8. The van der Waals surface area contributed by atoms with E-state index in [1.807, 2.05) is 36.4 Å². The summed E-state index contributed by atoms with van der Waals surface area (Å²) in [5.41, 5.74) is 2.47. The fraction of sp³-hybridized carbons (Fsp3) is 0.381. The highest BCUT2D eigenvalue weighted by Gasteiger charge is 2.45. The van der Waals surface area contributed by atoms with E-state index in [1.54, 1.807) is 11.0 Å². The molecule has 2 saturated heterocycles. The Hall–Kier alpha value is -2.77. The van der Waals surface area contributed by atoms with Crippen molar-refractivity contribution in [3.8, 4) is 0 Å². The van der Waals surface area contributed by atoms with E-state index >= 15 is 0 Å². The largest absolute Gasteiger partial charge is 0.392 e. The minimum Gasteiger partial charge on any atom is -0.392 e. The van der Waals surface area contributed by atoms with Crippen LogP contribution in [0.4, 0.5) is 0 Å². The number of hydrogen-bond acceptors (Lipinski definition) is 5. The van der Waals surface area contributed by atoms with Gasteiger partial charge >= 0.3 is 0 Å². The molecule has 2 fully saturated rings. The van der Waals surface area contributed by atoms with Crippen molar-refractivity contribution < 1.29 is 24.2 Å². The Morgan fingerprint density at radius 2 is 1.89 bits per heavy atom. The molecule has 146 valence electrons. The van der Waals surface area contributed by atoms with Crippen LogP contribution in [-0.4, -0.2) is 46.4 Å². The third-order valence-corrected chi connectivity index (χ3v) is 5.51. The number of hydrogen-bond donors (Lipinski definition) is 2. The molecule has 3 atom stereocenters. The molecule has 7 nitrogen and oxygen atoms in total. The third kappa shape index (κ3) is 3.50. The summed E-state index contributed by atoms with van der Waals surface area (Å²) >= 11 is 0. The first-order valence-electron chi connectivity index (χ1n) is 9.40. The molecule has 7 heteroatoms. The van der Waals surface area contributed by atoms with Crippen LogP contribution in [0.25, 0.3) is 0 Å². The van der Waals surface area contributed by atoms with E-state index in [0.717, 1.165) is 11.1 Å². The first-order valence-corrected chi connectivity index (χ1v) is 9.40. The number of aliphatic hydroxyl groups is 1. The predicted molar refractivity (Wildman–Crippen MR) is 99.5 cm³/mol. The molecule has 3 unspecified atom stereocenters. The van der Waals surface area contributed by atoms with Crippen LogP contribution in [-0.2, 0) is 32.3 Å². The maximum Gasteiger partial charge on any atom is 0.250 e. The van der Waals surface area contributed by atoms with E-state index in [1.165, 1.54) is 0 Å². The summed E-state index contributed by atoms with van der Waals surface area (Å²) in [6.07, 6.45) is 5.86. The van der Waals surface area contributed by atoms with Crippen molar-refractivity contribution in [2.75, 3.05) is 6.54 Å². The average molecular weight is 382 g/mol. The molecule has 1 aliphatic carbocycles. The number of aliphatic hydroxyl groups excluding tert-OH is 1. The van der Waals surface area contributed by atoms with Gasteiger partial charge in [0.15, 0.2) is 0 Å². The molecule has 0 radical (unpaired) electrons. The molecule has 3 aliphatic rings. The molecule has 0 saturated carbocycles. The van der Waals surface area contributed by atoms with E-state index in [9.17, 15) is 14.4 Å². The summed E-state index contributed by atoms with van der Waals surface area (Å²) in [5.74, 6) is -0.998. The standard InChI is InChI=1S/C21H22N2O5/c24-11-13-4-6-14(7-5-13)12-28-18-3-1-2-15-16(18)10-23(21(15)27)17-8-9-19(25)22-20(17)26/h1-7,16-18,24H,8-12H2,(H,22,25,26).